The third-order valence-corrected chi connectivity index (χ3v) is 5.68. The van der Waals surface area contributed by atoms with Crippen molar-refractivity contribution in [1.82, 2.24) is 15.5 Å². The molecular formula is C19H19FN4OS2. The zero-order valence-electron chi connectivity index (χ0n) is 14.5. The van der Waals surface area contributed by atoms with Crippen molar-refractivity contribution in [2.75, 3.05) is 17.6 Å². The van der Waals surface area contributed by atoms with Gasteiger partial charge in [-0.3, -0.25) is 4.79 Å². The van der Waals surface area contributed by atoms with Gasteiger partial charge in [0.2, 0.25) is 11.0 Å². The Bertz CT molecular complexity index is 856. The minimum absolute atomic E-state index is 0.0213. The van der Waals surface area contributed by atoms with E-state index >= 15 is 0 Å². The van der Waals surface area contributed by atoms with Gasteiger partial charge in [0.1, 0.15) is 5.82 Å². The minimum atomic E-state index is -0.254. The van der Waals surface area contributed by atoms with Crippen LogP contribution in [0, 0.1) is 5.82 Å². The standard InChI is InChI=1S/C19H19FN4OS2/c20-16-8-6-15(7-9-16)12-22-18-23-24-19(27-18)26-13-17(25)21-11-10-14-4-2-1-3-5-14/h1-9H,10-13H2,(H,21,25)(H,22,23). The fourth-order valence-corrected chi connectivity index (χ4v) is 3.87. The maximum atomic E-state index is 12.9. The van der Waals surface area contributed by atoms with E-state index in [2.05, 4.69) is 20.8 Å². The normalized spacial score (nSPS) is 10.6. The molecule has 1 aromatic heterocycles. The quantitative estimate of drug-likeness (QED) is 0.534. The number of anilines is 1. The van der Waals surface area contributed by atoms with Crippen LogP contribution in [-0.2, 0) is 17.8 Å². The van der Waals surface area contributed by atoms with Gasteiger partial charge in [0.15, 0.2) is 4.34 Å². The summed E-state index contributed by atoms with van der Waals surface area (Å²) in [6.07, 6.45) is 0.813. The Morgan fingerprint density at radius 2 is 1.81 bits per heavy atom. The highest BCUT2D eigenvalue weighted by Gasteiger charge is 2.08. The van der Waals surface area contributed by atoms with Crippen molar-refractivity contribution in [2.45, 2.75) is 17.3 Å². The molecular weight excluding hydrogens is 383 g/mol. The van der Waals surface area contributed by atoms with Gasteiger partial charge >= 0.3 is 0 Å². The first kappa shape index (κ1) is 19.3. The predicted molar refractivity (Wildman–Crippen MR) is 108 cm³/mol. The summed E-state index contributed by atoms with van der Waals surface area (Å²) in [6.45, 7) is 1.16. The molecule has 8 heteroatoms. The van der Waals surface area contributed by atoms with Gasteiger partial charge in [-0.15, -0.1) is 10.2 Å². The molecule has 0 bridgehead atoms. The number of hydrogen-bond donors (Lipinski definition) is 2. The number of rotatable bonds is 9. The van der Waals surface area contributed by atoms with E-state index in [1.54, 1.807) is 12.1 Å². The first-order valence-corrected chi connectivity index (χ1v) is 10.2. The van der Waals surface area contributed by atoms with E-state index in [1.165, 1.54) is 40.8 Å². The van der Waals surface area contributed by atoms with Crippen molar-refractivity contribution in [2.24, 2.45) is 0 Å². The van der Waals surface area contributed by atoms with E-state index in [0.717, 1.165) is 16.3 Å². The average Bonchev–Trinajstić information content (AvgIpc) is 3.15. The number of nitrogens with one attached hydrogen (secondary N) is 2. The Labute approximate surface area is 165 Å². The number of carbonyl (C=O) groups excluding carboxylic acids is 1. The predicted octanol–water partition coefficient (Wildman–Crippen LogP) is 3.74. The lowest BCUT2D eigenvalue weighted by Gasteiger charge is -2.04. The van der Waals surface area contributed by atoms with Crippen molar-refractivity contribution in [3.8, 4) is 0 Å². The maximum absolute atomic E-state index is 12.9. The van der Waals surface area contributed by atoms with E-state index in [9.17, 15) is 9.18 Å². The third kappa shape index (κ3) is 6.65. The molecule has 2 aromatic carbocycles. The lowest BCUT2D eigenvalue weighted by Crippen LogP contribution is -2.27. The molecule has 140 valence electrons. The molecule has 0 aliphatic carbocycles. The van der Waals surface area contributed by atoms with Crippen molar-refractivity contribution >= 4 is 34.1 Å². The van der Waals surface area contributed by atoms with Gasteiger partial charge in [0.25, 0.3) is 0 Å². The molecule has 0 aliphatic rings. The van der Waals surface area contributed by atoms with Crippen LogP contribution in [0.1, 0.15) is 11.1 Å². The molecule has 0 saturated carbocycles. The second kappa shape index (κ2) is 10.0. The topological polar surface area (TPSA) is 66.9 Å². The number of benzene rings is 2. The van der Waals surface area contributed by atoms with E-state index in [-0.39, 0.29) is 11.7 Å². The largest absolute Gasteiger partial charge is 0.356 e. The van der Waals surface area contributed by atoms with Gasteiger partial charge in [0, 0.05) is 13.1 Å². The van der Waals surface area contributed by atoms with Gasteiger partial charge in [-0.1, -0.05) is 65.6 Å². The molecule has 5 nitrogen and oxygen atoms in total. The summed E-state index contributed by atoms with van der Waals surface area (Å²) in [4.78, 5) is 11.9. The molecule has 0 radical (unpaired) electrons. The molecule has 1 heterocycles. The Hall–Kier alpha value is -2.45. The van der Waals surface area contributed by atoms with Crippen LogP contribution in [0.4, 0.5) is 9.52 Å². The van der Waals surface area contributed by atoms with Crippen LogP contribution in [0.3, 0.4) is 0 Å². The Kier molecular flexibility index (Phi) is 7.18. The first-order chi connectivity index (χ1) is 13.2. The van der Waals surface area contributed by atoms with Crippen molar-refractivity contribution in [3.05, 3.63) is 71.5 Å². The second-order valence-electron chi connectivity index (χ2n) is 5.73. The van der Waals surface area contributed by atoms with Crippen LogP contribution in [0.25, 0.3) is 0 Å². The summed E-state index contributed by atoms with van der Waals surface area (Å²) < 4.78 is 13.6. The molecule has 0 unspecified atom stereocenters. The van der Waals surface area contributed by atoms with Crippen LogP contribution in [0.15, 0.2) is 58.9 Å². The summed E-state index contributed by atoms with van der Waals surface area (Å²) >= 11 is 2.76. The van der Waals surface area contributed by atoms with Crippen molar-refractivity contribution < 1.29 is 9.18 Å². The zero-order valence-corrected chi connectivity index (χ0v) is 16.2. The highest BCUT2D eigenvalue weighted by atomic mass is 32.2. The number of amides is 1. The van der Waals surface area contributed by atoms with Crippen LogP contribution in [0.2, 0.25) is 0 Å². The summed E-state index contributed by atoms with van der Waals surface area (Å²) in [5.74, 6) is 0.0313. The molecule has 2 N–H and O–H groups in total. The van der Waals surface area contributed by atoms with Crippen LogP contribution in [-0.4, -0.2) is 28.4 Å². The number of thioether (sulfide) groups is 1. The van der Waals surface area contributed by atoms with Crippen LogP contribution < -0.4 is 10.6 Å². The fraction of sp³-hybridized carbons (Fsp3) is 0.211. The monoisotopic (exact) mass is 402 g/mol. The molecule has 0 fully saturated rings. The molecule has 27 heavy (non-hydrogen) atoms. The van der Waals surface area contributed by atoms with Crippen molar-refractivity contribution in [3.63, 3.8) is 0 Å². The van der Waals surface area contributed by atoms with Gasteiger partial charge in [-0.2, -0.15) is 0 Å². The smallest absolute Gasteiger partial charge is 0.230 e. The zero-order chi connectivity index (χ0) is 18.9. The average molecular weight is 403 g/mol. The first-order valence-electron chi connectivity index (χ1n) is 8.44. The molecule has 1 amide bonds. The number of halogens is 1. The number of nitrogens with zero attached hydrogens (tertiary/aromatic N) is 2. The van der Waals surface area contributed by atoms with Gasteiger partial charge in [-0.25, -0.2) is 4.39 Å². The highest BCUT2D eigenvalue weighted by molar-refractivity contribution is 8.01. The van der Waals surface area contributed by atoms with E-state index in [1.807, 2.05) is 30.3 Å². The van der Waals surface area contributed by atoms with Crippen LogP contribution >= 0.6 is 23.1 Å². The summed E-state index contributed by atoms with van der Waals surface area (Å²) in [7, 11) is 0. The van der Waals surface area contributed by atoms with E-state index in [4.69, 9.17) is 0 Å². The number of carbonyl (C=O) groups is 1. The summed E-state index contributed by atoms with van der Waals surface area (Å²) in [5, 5.41) is 14.9. The SMILES string of the molecule is O=C(CSc1nnc(NCc2ccc(F)cc2)s1)NCCc1ccccc1. The third-order valence-electron chi connectivity index (χ3n) is 3.67. The van der Waals surface area contributed by atoms with Crippen molar-refractivity contribution in [1.29, 1.82) is 0 Å². The Balaban J connectivity index is 1.36. The molecule has 0 aliphatic heterocycles. The number of hydrogen-bond acceptors (Lipinski definition) is 6. The lowest BCUT2D eigenvalue weighted by atomic mass is 10.1. The summed E-state index contributed by atoms with van der Waals surface area (Å²) in [5.41, 5.74) is 2.16. The Morgan fingerprint density at radius 1 is 1.04 bits per heavy atom. The molecule has 0 saturated heterocycles. The molecule has 0 atom stereocenters. The molecule has 3 aromatic rings. The maximum Gasteiger partial charge on any atom is 0.230 e. The fourth-order valence-electron chi connectivity index (χ4n) is 2.29. The molecule has 3 rings (SSSR count). The van der Waals surface area contributed by atoms with E-state index in [0.29, 0.717) is 24.0 Å². The van der Waals surface area contributed by atoms with Gasteiger partial charge < -0.3 is 10.6 Å². The summed E-state index contributed by atoms with van der Waals surface area (Å²) in [6, 6.07) is 16.3. The van der Waals surface area contributed by atoms with Gasteiger partial charge in [-0.05, 0) is 29.7 Å². The number of aromatic nitrogens is 2. The lowest BCUT2D eigenvalue weighted by molar-refractivity contribution is -0.118. The van der Waals surface area contributed by atoms with Crippen LogP contribution in [0.5, 0.6) is 0 Å². The molecule has 0 spiro atoms. The second-order valence-corrected chi connectivity index (χ2v) is 7.93. The Morgan fingerprint density at radius 3 is 2.59 bits per heavy atom. The van der Waals surface area contributed by atoms with E-state index < -0.39 is 0 Å². The van der Waals surface area contributed by atoms with Gasteiger partial charge in [0.05, 0.1) is 5.75 Å². The highest BCUT2D eigenvalue weighted by Crippen LogP contribution is 2.25. The minimum Gasteiger partial charge on any atom is -0.356 e.